The van der Waals surface area contributed by atoms with Gasteiger partial charge in [0.15, 0.2) is 0 Å². The number of hydrogen-bond acceptors (Lipinski definition) is 3. The molecule has 0 aliphatic carbocycles. The van der Waals surface area contributed by atoms with Gasteiger partial charge >= 0.3 is 0 Å². The van der Waals surface area contributed by atoms with Crippen molar-refractivity contribution in [2.24, 2.45) is 5.73 Å². The van der Waals surface area contributed by atoms with Crippen molar-refractivity contribution >= 4 is 10.8 Å². The van der Waals surface area contributed by atoms with Gasteiger partial charge in [0.2, 0.25) is 0 Å². The quantitative estimate of drug-likeness (QED) is 0.843. The highest BCUT2D eigenvalue weighted by molar-refractivity contribution is 7.84. The highest BCUT2D eigenvalue weighted by atomic mass is 32.2. The summed E-state index contributed by atoms with van der Waals surface area (Å²) in [6, 6.07) is 9.40. The molecule has 1 aromatic carbocycles. The summed E-state index contributed by atoms with van der Waals surface area (Å²) in [6.07, 6.45) is 0.768. The van der Waals surface area contributed by atoms with Crippen molar-refractivity contribution < 1.29 is 4.21 Å². The number of nitrogens with two attached hydrogens (primary N) is 1. The second-order valence-electron chi connectivity index (χ2n) is 3.87. The molecule has 16 heavy (non-hydrogen) atoms. The van der Waals surface area contributed by atoms with Crippen LogP contribution in [0.15, 0.2) is 24.3 Å². The molecular weight excluding hydrogens is 220 g/mol. The summed E-state index contributed by atoms with van der Waals surface area (Å²) in [6.45, 7) is 1.91. The summed E-state index contributed by atoms with van der Waals surface area (Å²) in [5.74, 6) is 1.12. The molecule has 0 aromatic heterocycles. The predicted molar refractivity (Wildman–Crippen MR) is 66.1 cm³/mol. The Bertz CT molecular complexity index is 410. The van der Waals surface area contributed by atoms with Crippen LogP contribution in [0, 0.1) is 11.3 Å². The van der Waals surface area contributed by atoms with E-state index in [4.69, 9.17) is 11.0 Å². The lowest BCUT2D eigenvalue weighted by atomic mass is 10.2. The van der Waals surface area contributed by atoms with Gasteiger partial charge in [0.05, 0.1) is 11.6 Å². The van der Waals surface area contributed by atoms with Crippen LogP contribution in [-0.4, -0.2) is 16.0 Å². The minimum absolute atomic E-state index is 0.0920. The van der Waals surface area contributed by atoms with Gasteiger partial charge in [0, 0.05) is 28.3 Å². The van der Waals surface area contributed by atoms with E-state index in [0.29, 0.717) is 17.1 Å². The molecule has 1 rings (SSSR count). The Hall–Kier alpha value is -1.18. The topological polar surface area (TPSA) is 66.9 Å². The maximum absolute atomic E-state index is 11.7. The SMILES string of the molecule is CC(N)CCS(=O)Cc1cccc(C#N)c1. The van der Waals surface area contributed by atoms with Gasteiger partial charge in [0.25, 0.3) is 0 Å². The third-order valence-electron chi connectivity index (χ3n) is 2.18. The van der Waals surface area contributed by atoms with Crippen LogP contribution in [0.3, 0.4) is 0 Å². The van der Waals surface area contributed by atoms with Crippen molar-refractivity contribution in [3.8, 4) is 6.07 Å². The normalized spacial score (nSPS) is 14.1. The van der Waals surface area contributed by atoms with E-state index >= 15 is 0 Å². The Morgan fingerprint density at radius 2 is 2.31 bits per heavy atom. The lowest BCUT2D eigenvalue weighted by molar-refractivity contribution is 0.667. The molecule has 2 unspecified atom stereocenters. The Kier molecular flexibility index (Phi) is 5.17. The number of nitrogens with zero attached hydrogens (tertiary/aromatic N) is 1. The standard InChI is InChI=1S/C12H16N2OS/c1-10(14)5-6-16(15)9-12-4-2-3-11(7-12)8-13/h2-4,7,10H,5-6,9,14H2,1H3. The summed E-state index contributed by atoms with van der Waals surface area (Å²) in [4.78, 5) is 0. The van der Waals surface area contributed by atoms with Gasteiger partial charge < -0.3 is 5.73 Å². The Balaban J connectivity index is 2.53. The number of hydrogen-bond donors (Lipinski definition) is 1. The summed E-state index contributed by atoms with van der Waals surface area (Å²) >= 11 is 0. The monoisotopic (exact) mass is 236 g/mol. The highest BCUT2D eigenvalue weighted by Gasteiger charge is 2.04. The van der Waals surface area contributed by atoms with Crippen LogP contribution in [0.1, 0.15) is 24.5 Å². The molecule has 0 aliphatic rings. The molecule has 4 heteroatoms. The van der Waals surface area contributed by atoms with Crippen molar-refractivity contribution in [2.45, 2.75) is 25.1 Å². The average molecular weight is 236 g/mol. The van der Waals surface area contributed by atoms with Gasteiger partial charge in [0.1, 0.15) is 0 Å². The zero-order valence-electron chi connectivity index (χ0n) is 9.35. The Morgan fingerprint density at radius 3 is 2.94 bits per heavy atom. The first kappa shape index (κ1) is 12.9. The first-order valence-corrected chi connectivity index (χ1v) is 6.70. The number of nitriles is 1. The van der Waals surface area contributed by atoms with Crippen LogP contribution in [-0.2, 0) is 16.6 Å². The zero-order chi connectivity index (χ0) is 12.0. The molecule has 0 spiro atoms. The van der Waals surface area contributed by atoms with Crippen LogP contribution in [0.5, 0.6) is 0 Å². The number of benzene rings is 1. The maximum Gasteiger partial charge on any atom is 0.0991 e. The van der Waals surface area contributed by atoms with E-state index in [9.17, 15) is 4.21 Å². The molecular formula is C12H16N2OS. The minimum atomic E-state index is -0.891. The van der Waals surface area contributed by atoms with E-state index in [-0.39, 0.29) is 6.04 Å². The molecule has 2 atom stereocenters. The van der Waals surface area contributed by atoms with Crippen LogP contribution in [0.2, 0.25) is 0 Å². The van der Waals surface area contributed by atoms with Crippen molar-refractivity contribution in [1.82, 2.24) is 0 Å². The summed E-state index contributed by atoms with van der Waals surface area (Å²) in [5, 5.41) is 8.73. The molecule has 0 heterocycles. The Morgan fingerprint density at radius 1 is 1.56 bits per heavy atom. The third kappa shape index (κ3) is 4.56. The van der Waals surface area contributed by atoms with E-state index in [1.54, 1.807) is 12.1 Å². The summed E-state index contributed by atoms with van der Waals surface area (Å²) < 4.78 is 11.7. The van der Waals surface area contributed by atoms with E-state index in [0.717, 1.165) is 12.0 Å². The lowest BCUT2D eigenvalue weighted by Crippen LogP contribution is -2.18. The molecule has 0 radical (unpaired) electrons. The number of rotatable bonds is 5. The van der Waals surface area contributed by atoms with Crippen molar-refractivity contribution in [3.05, 3.63) is 35.4 Å². The molecule has 0 saturated carbocycles. The summed E-state index contributed by atoms with van der Waals surface area (Å²) in [7, 11) is -0.891. The first-order valence-electron chi connectivity index (χ1n) is 5.21. The fourth-order valence-corrected chi connectivity index (χ4v) is 2.64. The van der Waals surface area contributed by atoms with Crippen LogP contribution >= 0.6 is 0 Å². The Labute approximate surface area is 98.7 Å². The predicted octanol–water partition coefficient (Wildman–Crippen LogP) is 1.54. The molecule has 0 bridgehead atoms. The van der Waals surface area contributed by atoms with Gasteiger partial charge in [-0.05, 0) is 31.0 Å². The molecule has 0 saturated heterocycles. The fraction of sp³-hybridized carbons (Fsp3) is 0.417. The smallest absolute Gasteiger partial charge is 0.0991 e. The van der Waals surface area contributed by atoms with Gasteiger partial charge in [-0.2, -0.15) is 5.26 Å². The second kappa shape index (κ2) is 6.41. The molecule has 86 valence electrons. The second-order valence-corrected chi connectivity index (χ2v) is 5.44. The van der Waals surface area contributed by atoms with Gasteiger partial charge in [-0.3, -0.25) is 4.21 Å². The van der Waals surface area contributed by atoms with E-state index < -0.39 is 10.8 Å². The molecule has 2 N–H and O–H groups in total. The molecule has 3 nitrogen and oxygen atoms in total. The maximum atomic E-state index is 11.7. The fourth-order valence-electron chi connectivity index (χ4n) is 1.31. The molecule has 0 fully saturated rings. The van der Waals surface area contributed by atoms with Crippen LogP contribution < -0.4 is 5.73 Å². The van der Waals surface area contributed by atoms with Gasteiger partial charge in [-0.1, -0.05) is 12.1 Å². The summed E-state index contributed by atoms with van der Waals surface area (Å²) in [5.41, 5.74) is 7.16. The van der Waals surface area contributed by atoms with Crippen molar-refractivity contribution in [3.63, 3.8) is 0 Å². The first-order chi connectivity index (χ1) is 7.61. The van der Waals surface area contributed by atoms with Gasteiger partial charge in [-0.25, -0.2) is 0 Å². The van der Waals surface area contributed by atoms with Crippen LogP contribution in [0.25, 0.3) is 0 Å². The largest absolute Gasteiger partial charge is 0.328 e. The lowest BCUT2D eigenvalue weighted by Gasteiger charge is -2.05. The van der Waals surface area contributed by atoms with Crippen molar-refractivity contribution in [2.75, 3.05) is 5.75 Å². The zero-order valence-corrected chi connectivity index (χ0v) is 10.2. The average Bonchev–Trinajstić information content (AvgIpc) is 2.26. The molecule has 0 aliphatic heterocycles. The van der Waals surface area contributed by atoms with E-state index in [2.05, 4.69) is 6.07 Å². The van der Waals surface area contributed by atoms with Crippen LogP contribution in [0.4, 0.5) is 0 Å². The third-order valence-corrected chi connectivity index (χ3v) is 3.53. The van der Waals surface area contributed by atoms with E-state index in [1.165, 1.54) is 0 Å². The minimum Gasteiger partial charge on any atom is -0.328 e. The highest BCUT2D eigenvalue weighted by Crippen LogP contribution is 2.07. The van der Waals surface area contributed by atoms with Gasteiger partial charge in [-0.15, -0.1) is 0 Å². The van der Waals surface area contributed by atoms with E-state index in [1.807, 2.05) is 19.1 Å². The van der Waals surface area contributed by atoms with Crippen molar-refractivity contribution in [1.29, 1.82) is 5.26 Å². The molecule has 0 amide bonds. The molecule has 1 aromatic rings.